The van der Waals surface area contributed by atoms with Crippen molar-refractivity contribution in [3.05, 3.63) is 57.8 Å². The lowest BCUT2D eigenvalue weighted by Gasteiger charge is -2.09. The number of hydrogen-bond donors (Lipinski definition) is 2. The predicted molar refractivity (Wildman–Crippen MR) is 91.3 cm³/mol. The zero-order valence-electron chi connectivity index (χ0n) is 12.4. The Kier molecular flexibility index (Phi) is 5.96. The van der Waals surface area contributed by atoms with Gasteiger partial charge >= 0.3 is 0 Å². The summed E-state index contributed by atoms with van der Waals surface area (Å²) in [5.74, 6) is -0.719. The summed E-state index contributed by atoms with van der Waals surface area (Å²) in [7, 11) is 0. The van der Waals surface area contributed by atoms with E-state index in [1.54, 1.807) is 24.3 Å². The first kappa shape index (κ1) is 17.2. The van der Waals surface area contributed by atoms with Crippen molar-refractivity contribution in [2.45, 2.75) is 13.3 Å². The third-order valence-electron chi connectivity index (χ3n) is 2.99. The van der Waals surface area contributed by atoms with E-state index in [2.05, 4.69) is 15.6 Å². The van der Waals surface area contributed by atoms with Crippen LogP contribution in [-0.4, -0.2) is 23.3 Å². The fraction of sp³-hybridized carbons (Fsp3) is 0.188. The summed E-state index contributed by atoms with van der Waals surface area (Å²) < 4.78 is 0. The number of pyridine rings is 1. The second-order valence-electron chi connectivity index (χ2n) is 4.74. The fourth-order valence-electron chi connectivity index (χ4n) is 1.82. The van der Waals surface area contributed by atoms with Gasteiger partial charge in [0.05, 0.1) is 15.7 Å². The molecule has 0 saturated carbocycles. The SMILES string of the molecule is CCCNC(=O)c1ccnc(C(=O)Nc2cccc(Cl)c2Cl)c1. The van der Waals surface area contributed by atoms with Crippen molar-refractivity contribution in [2.75, 3.05) is 11.9 Å². The Bertz CT molecular complexity index is 735. The second-order valence-corrected chi connectivity index (χ2v) is 5.53. The number of amides is 2. The third-order valence-corrected chi connectivity index (χ3v) is 3.81. The normalized spacial score (nSPS) is 10.2. The molecule has 0 unspecified atom stereocenters. The molecular formula is C16H15Cl2N3O2. The van der Waals surface area contributed by atoms with E-state index in [9.17, 15) is 9.59 Å². The Balaban J connectivity index is 2.16. The van der Waals surface area contributed by atoms with E-state index < -0.39 is 5.91 Å². The number of hydrogen-bond acceptors (Lipinski definition) is 3. The number of benzene rings is 1. The Labute approximate surface area is 144 Å². The number of carbonyl (C=O) groups is 2. The molecule has 1 aromatic heterocycles. The van der Waals surface area contributed by atoms with E-state index in [1.165, 1.54) is 12.3 Å². The van der Waals surface area contributed by atoms with Crippen molar-refractivity contribution in [3.8, 4) is 0 Å². The van der Waals surface area contributed by atoms with E-state index in [1.807, 2.05) is 6.92 Å². The van der Waals surface area contributed by atoms with Gasteiger partial charge in [-0.1, -0.05) is 36.2 Å². The Morgan fingerprint density at radius 1 is 1.17 bits per heavy atom. The van der Waals surface area contributed by atoms with Gasteiger partial charge in [0.1, 0.15) is 5.69 Å². The minimum absolute atomic E-state index is 0.116. The van der Waals surface area contributed by atoms with Crippen molar-refractivity contribution in [1.82, 2.24) is 10.3 Å². The summed E-state index contributed by atoms with van der Waals surface area (Å²) in [6, 6.07) is 7.90. The average molecular weight is 352 g/mol. The van der Waals surface area contributed by atoms with Crippen molar-refractivity contribution in [3.63, 3.8) is 0 Å². The van der Waals surface area contributed by atoms with Crippen molar-refractivity contribution in [1.29, 1.82) is 0 Å². The summed E-state index contributed by atoms with van der Waals surface area (Å²) in [6.07, 6.45) is 2.24. The first-order valence-electron chi connectivity index (χ1n) is 7.02. The van der Waals surface area contributed by atoms with Gasteiger partial charge in [-0.15, -0.1) is 0 Å². The highest BCUT2D eigenvalue weighted by Crippen LogP contribution is 2.29. The number of aromatic nitrogens is 1. The molecule has 0 atom stereocenters. The molecule has 7 heteroatoms. The van der Waals surface area contributed by atoms with Crippen molar-refractivity contribution >= 4 is 40.7 Å². The van der Waals surface area contributed by atoms with Gasteiger partial charge in [-0.25, -0.2) is 0 Å². The van der Waals surface area contributed by atoms with E-state index in [0.717, 1.165) is 6.42 Å². The monoisotopic (exact) mass is 351 g/mol. The highest BCUT2D eigenvalue weighted by molar-refractivity contribution is 6.44. The topological polar surface area (TPSA) is 71.1 Å². The number of carbonyl (C=O) groups excluding carboxylic acids is 2. The summed E-state index contributed by atoms with van der Waals surface area (Å²) >= 11 is 11.9. The maximum Gasteiger partial charge on any atom is 0.274 e. The lowest BCUT2D eigenvalue weighted by molar-refractivity contribution is 0.0953. The molecule has 2 amide bonds. The van der Waals surface area contributed by atoms with Gasteiger partial charge in [-0.3, -0.25) is 14.6 Å². The summed E-state index contributed by atoms with van der Waals surface area (Å²) in [5.41, 5.74) is 0.868. The van der Waals surface area contributed by atoms with Gasteiger partial charge in [-0.2, -0.15) is 0 Å². The molecule has 0 bridgehead atoms. The lowest BCUT2D eigenvalue weighted by Crippen LogP contribution is -2.24. The highest BCUT2D eigenvalue weighted by Gasteiger charge is 2.14. The molecule has 5 nitrogen and oxygen atoms in total. The molecule has 1 heterocycles. The molecule has 0 fully saturated rings. The van der Waals surface area contributed by atoms with Crippen LogP contribution < -0.4 is 10.6 Å². The molecule has 2 rings (SSSR count). The second kappa shape index (κ2) is 7.94. The maximum atomic E-state index is 12.3. The number of anilines is 1. The zero-order valence-corrected chi connectivity index (χ0v) is 13.9. The van der Waals surface area contributed by atoms with E-state index in [-0.39, 0.29) is 16.6 Å². The minimum atomic E-state index is -0.473. The summed E-state index contributed by atoms with van der Waals surface area (Å²) in [4.78, 5) is 28.2. The summed E-state index contributed by atoms with van der Waals surface area (Å²) in [5, 5.41) is 5.96. The molecule has 0 spiro atoms. The third kappa shape index (κ3) is 4.43. The van der Waals surface area contributed by atoms with Crippen LogP contribution in [0, 0.1) is 0 Å². The Morgan fingerprint density at radius 2 is 1.96 bits per heavy atom. The largest absolute Gasteiger partial charge is 0.352 e. The molecule has 23 heavy (non-hydrogen) atoms. The molecule has 0 saturated heterocycles. The first-order valence-corrected chi connectivity index (χ1v) is 7.78. The van der Waals surface area contributed by atoms with E-state index in [4.69, 9.17) is 23.2 Å². The van der Waals surface area contributed by atoms with Gasteiger partial charge < -0.3 is 10.6 Å². The Morgan fingerprint density at radius 3 is 2.70 bits per heavy atom. The molecule has 2 aromatic rings. The molecular weight excluding hydrogens is 337 g/mol. The molecule has 120 valence electrons. The van der Waals surface area contributed by atoms with Crippen LogP contribution in [0.3, 0.4) is 0 Å². The number of nitrogens with one attached hydrogen (secondary N) is 2. The van der Waals surface area contributed by atoms with Crippen LogP contribution in [0.5, 0.6) is 0 Å². The first-order chi connectivity index (χ1) is 11.0. The van der Waals surface area contributed by atoms with Crippen LogP contribution in [0.15, 0.2) is 36.5 Å². The quantitative estimate of drug-likeness (QED) is 0.860. The number of rotatable bonds is 5. The van der Waals surface area contributed by atoms with Crippen LogP contribution in [0.25, 0.3) is 0 Å². The standard InChI is InChI=1S/C16H15Cl2N3O2/c1-2-7-20-15(22)10-6-8-19-13(9-10)16(23)21-12-5-3-4-11(17)14(12)18/h3-6,8-9H,2,7H2,1H3,(H,20,22)(H,21,23). The molecule has 2 N–H and O–H groups in total. The van der Waals surface area contributed by atoms with Crippen molar-refractivity contribution in [2.24, 2.45) is 0 Å². The minimum Gasteiger partial charge on any atom is -0.352 e. The van der Waals surface area contributed by atoms with Crippen LogP contribution in [0.4, 0.5) is 5.69 Å². The number of halogens is 2. The van der Waals surface area contributed by atoms with Gasteiger partial charge in [-0.05, 0) is 30.7 Å². The number of nitrogens with zero attached hydrogens (tertiary/aromatic N) is 1. The van der Waals surface area contributed by atoms with Crippen LogP contribution >= 0.6 is 23.2 Å². The van der Waals surface area contributed by atoms with Gasteiger partial charge in [0.15, 0.2) is 0 Å². The zero-order chi connectivity index (χ0) is 16.8. The van der Waals surface area contributed by atoms with Crippen LogP contribution in [0.1, 0.15) is 34.2 Å². The van der Waals surface area contributed by atoms with E-state index in [0.29, 0.717) is 22.8 Å². The maximum absolute atomic E-state index is 12.3. The van der Waals surface area contributed by atoms with Gasteiger partial charge in [0.2, 0.25) is 0 Å². The fourth-order valence-corrected chi connectivity index (χ4v) is 2.17. The highest BCUT2D eigenvalue weighted by atomic mass is 35.5. The van der Waals surface area contributed by atoms with Crippen LogP contribution in [-0.2, 0) is 0 Å². The summed E-state index contributed by atoms with van der Waals surface area (Å²) in [6.45, 7) is 2.53. The molecule has 0 aliphatic rings. The lowest BCUT2D eigenvalue weighted by atomic mass is 10.2. The van der Waals surface area contributed by atoms with E-state index >= 15 is 0 Å². The smallest absolute Gasteiger partial charge is 0.274 e. The average Bonchev–Trinajstić information content (AvgIpc) is 2.57. The molecule has 0 aliphatic carbocycles. The van der Waals surface area contributed by atoms with Gasteiger partial charge in [0.25, 0.3) is 11.8 Å². The molecule has 0 aliphatic heterocycles. The van der Waals surface area contributed by atoms with Gasteiger partial charge in [0, 0.05) is 18.3 Å². The molecule has 0 radical (unpaired) electrons. The molecule has 1 aromatic carbocycles. The Hall–Kier alpha value is -2.11. The predicted octanol–water partition coefficient (Wildman–Crippen LogP) is 3.78. The van der Waals surface area contributed by atoms with Crippen LogP contribution in [0.2, 0.25) is 10.0 Å². The van der Waals surface area contributed by atoms with Crippen molar-refractivity contribution < 1.29 is 9.59 Å².